The van der Waals surface area contributed by atoms with Crippen molar-refractivity contribution in [1.82, 2.24) is 4.90 Å². The molecule has 0 unspecified atom stereocenters. The molecule has 2 aliphatic heterocycles. The van der Waals surface area contributed by atoms with Gasteiger partial charge in [0.25, 0.3) is 11.7 Å². The lowest BCUT2D eigenvalue weighted by atomic mass is 9.94. The van der Waals surface area contributed by atoms with Gasteiger partial charge in [0.1, 0.15) is 19.0 Å². The molecule has 0 spiro atoms. The third-order valence-corrected chi connectivity index (χ3v) is 6.27. The summed E-state index contributed by atoms with van der Waals surface area (Å²) in [6, 6.07) is 18.6. The van der Waals surface area contributed by atoms with Crippen LogP contribution in [0.1, 0.15) is 22.7 Å². The number of amides is 1. The highest BCUT2D eigenvalue weighted by atomic mass is 16.6. The number of carbonyl (C=O) groups excluding carboxylic acids is 2. The number of hydrogen-bond donors (Lipinski definition) is 1. The Morgan fingerprint density at radius 3 is 2.36 bits per heavy atom. The lowest BCUT2D eigenvalue weighted by Gasteiger charge is -2.26. The molecule has 1 saturated heterocycles. The first-order valence-electron chi connectivity index (χ1n) is 11.5. The van der Waals surface area contributed by atoms with E-state index in [1.54, 1.807) is 36.4 Å². The molecular weight excluding hydrogens is 462 g/mol. The normalized spacial score (nSPS) is 18.3. The number of ketones is 1. The van der Waals surface area contributed by atoms with Crippen molar-refractivity contribution in [3.63, 3.8) is 0 Å². The second kappa shape index (κ2) is 9.65. The minimum Gasteiger partial charge on any atom is -0.507 e. The molecular formula is C28H25NO7. The maximum absolute atomic E-state index is 13.3. The number of rotatable bonds is 6. The second-order valence-electron chi connectivity index (χ2n) is 8.39. The van der Waals surface area contributed by atoms with Crippen LogP contribution in [0.25, 0.3) is 5.76 Å². The fourth-order valence-corrected chi connectivity index (χ4v) is 4.54. The first kappa shape index (κ1) is 23.3. The number of fused-ring (bicyclic) bond motifs is 1. The fraction of sp³-hybridized carbons (Fsp3) is 0.214. The van der Waals surface area contributed by atoms with Gasteiger partial charge in [-0.1, -0.05) is 36.4 Å². The van der Waals surface area contributed by atoms with E-state index in [0.717, 1.165) is 5.56 Å². The van der Waals surface area contributed by atoms with Crippen molar-refractivity contribution in [2.75, 3.05) is 27.4 Å². The third-order valence-electron chi connectivity index (χ3n) is 6.27. The lowest BCUT2D eigenvalue weighted by Crippen LogP contribution is -2.29. The van der Waals surface area contributed by atoms with E-state index in [4.69, 9.17) is 18.9 Å². The Balaban J connectivity index is 1.65. The van der Waals surface area contributed by atoms with Gasteiger partial charge in [0.05, 0.1) is 25.8 Å². The van der Waals surface area contributed by atoms with Gasteiger partial charge in [-0.05, 0) is 41.5 Å². The van der Waals surface area contributed by atoms with Crippen LogP contribution in [0.2, 0.25) is 0 Å². The molecule has 8 heteroatoms. The molecule has 36 heavy (non-hydrogen) atoms. The number of aliphatic hydroxyl groups excluding tert-OH is 1. The van der Waals surface area contributed by atoms with Crippen LogP contribution >= 0.6 is 0 Å². The minimum absolute atomic E-state index is 0.0140. The van der Waals surface area contributed by atoms with Crippen molar-refractivity contribution in [1.29, 1.82) is 0 Å². The monoisotopic (exact) mass is 487 g/mol. The molecule has 0 aliphatic carbocycles. The number of hydrogen-bond acceptors (Lipinski definition) is 7. The SMILES string of the molecule is COc1ccc([C@H]2/C(=C(\O)c3ccc4c(c3)OCCO4)C(=O)C(=O)N2Cc2ccccc2)cc1OC. The zero-order valence-corrected chi connectivity index (χ0v) is 19.9. The zero-order valence-electron chi connectivity index (χ0n) is 19.9. The summed E-state index contributed by atoms with van der Waals surface area (Å²) in [5.41, 5.74) is 1.79. The van der Waals surface area contributed by atoms with Gasteiger partial charge in [0.2, 0.25) is 0 Å². The molecule has 8 nitrogen and oxygen atoms in total. The van der Waals surface area contributed by atoms with Gasteiger partial charge >= 0.3 is 0 Å². The number of likely N-dealkylation sites (tertiary alicyclic amines) is 1. The molecule has 0 saturated carbocycles. The quantitative estimate of drug-likeness (QED) is 0.318. The molecule has 1 N–H and O–H groups in total. The average Bonchev–Trinajstić information content (AvgIpc) is 3.17. The van der Waals surface area contributed by atoms with E-state index in [-0.39, 0.29) is 17.9 Å². The van der Waals surface area contributed by atoms with E-state index in [1.807, 2.05) is 30.3 Å². The molecule has 0 bridgehead atoms. The van der Waals surface area contributed by atoms with Crippen LogP contribution in [0.4, 0.5) is 0 Å². The Morgan fingerprint density at radius 1 is 0.917 bits per heavy atom. The summed E-state index contributed by atoms with van der Waals surface area (Å²) < 4.78 is 22.0. The maximum atomic E-state index is 13.3. The highest BCUT2D eigenvalue weighted by molar-refractivity contribution is 6.46. The molecule has 1 amide bonds. The van der Waals surface area contributed by atoms with E-state index in [0.29, 0.717) is 47.3 Å². The Morgan fingerprint density at radius 2 is 1.64 bits per heavy atom. The molecule has 2 aliphatic rings. The van der Waals surface area contributed by atoms with Gasteiger partial charge in [-0.15, -0.1) is 0 Å². The summed E-state index contributed by atoms with van der Waals surface area (Å²) in [4.78, 5) is 28.1. The number of nitrogens with zero attached hydrogens (tertiary/aromatic N) is 1. The molecule has 2 heterocycles. The second-order valence-corrected chi connectivity index (χ2v) is 8.39. The highest BCUT2D eigenvalue weighted by Crippen LogP contribution is 2.43. The predicted molar refractivity (Wildman–Crippen MR) is 131 cm³/mol. The summed E-state index contributed by atoms with van der Waals surface area (Å²) >= 11 is 0. The number of aliphatic hydroxyl groups is 1. The van der Waals surface area contributed by atoms with Gasteiger partial charge in [-0.3, -0.25) is 9.59 Å². The number of Topliss-reactive ketones (excluding diaryl/α,β-unsaturated/α-hetero) is 1. The molecule has 3 aromatic carbocycles. The fourth-order valence-electron chi connectivity index (χ4n) is 4.54. The standard InChI is InChI=1S/C28H25NO7/c1-33-20-10-8-18(14-22(20)34-2)25-24(26(30)19-9-11-21-23(15-19)36-13-12-35-21)27(31)28(32)29(25)16-17-6-4-3-5-7-17/h3-11,14-15,25,30H,12-13,16H2,1-2H3/b26-24+/t25-/m0/s1. The van der Waals surface area contributed by atoms with Crippen molar-refractivity contribution >= 4 is 17.4 Å². The summed E-state index contributed by atoms with van der Waals surface area (Å²) in [7, 11) is 3.04. The summed E-state index contributed by atoms with van der Waals surface area (Å²) in [5, 5.41) is 11.4. The Bertz CT molecular complexity index is 1350. The molecule has 1 fully saturated rings. The molecule has 184 valence electrons. The van der Waals surface area contributed by atoms with E-state index in [9.17, 15) is 14.7 Å². The van der Waals surface area contributed by atoms with Gasteiger partial charge < -0.3 is 29.0 Å². The highest BCUT2D eigenvalue weighted by Gasteiger charge is 2.46. The Labute approximate surface area is 208 Å². The number of carbonyl (C=O) groups is 2. The van der Waals surface area contributed by atoms with Crippen LogP contribution in [0, 0.1) is 0 Å². The molecule has 1 atom stereocenters. The molecule has 0 aromatic heterocycles. The van der Waals surface area contributed by atoms with Gasteiger partial charge in [-0.25, -0.2) is 0 Å². The summed E-state index contributed by atoms with van der Waals surface area (Å²) in [6.07, 6.45) is 0. The van der Waals surface area contributed by atoms with Crippen LogP contribution in [-0.2, 0) is 16.1 Å². The van der Waals surface area contributed by atoms with Crippen LogP contribution in [-0.4, -0.2) is 49.1 Å². The zero-order chi connectivity index (χ0) is 25.2. The van der Waals surface area contributed by atoms with Gasteiger partial charge in [0, 0.05) is 12.1 Å². The van der Waals surface area contributed by atoms with Crippen molar-refractivity contribution in [2.45, 2.75) is 12.6 Å². The van der Waals surface area contributed by atoms with Crippen molar-refractivity contribution in [2.24, 2.45) is 0 Å². The van der Waals surface area contributed by atoms with E-state index < -0.39 is 17.7 Å². The van der Waals surface area contributed by atoms with E-state index >= 15 is 0 Å². The number of benzene rings is 3. The van der Waals surface area contributed by atoms with Crippen molar-refractivity contribution in [3.8, 4) is 23.0 Å². The Hall–Kier alpha value is -4.46. The van der Waals surface area contributed by atoms with Gasteiger partial charge in [0.15, 0.2) is 23.0 Å². The minimum atomic E-state index is -0.849. The van der Waals surface area contributed by atoms with Gasteiger partial charge in [-0.2, -0.15) is 0 Å². The maximum Gasteiger partial charge on any atom is 0.295 e. The van der Waals surface area contributed by atoms with Crippen LogP contribution in [0.15, 0.2) is 72.3 Å². The van der Waals surface area contributed by atoms with Crippen molar-refractivity contribution in [3.05, 3.63) is 89.0 Å². The smallest absolute Gasteiger partial charge is 0.295 e. The third kappa shape index (κ3) is 4.11. The van der Waals surface area contributed by atoms with Crippen LogP contribution in [0.3, 0.4) is 0 Å². The first-order chi connectivity index (χ1) is 17.5. The number of ether oxygens (including phenoxy) is 4. The largest absolute Gasteiger partial charge is 0.507 e. The summed E-state index contributed by atoms with van der Waals surface area (Å²) in [5.74, 6) is 0.217. The topological polar surface area (TPSA) is 94.5 Å². The van der Waals surface area contributed by atoms with E-state index in [1.165, 1.54) is 19.1 Å². The first-order valence-corrected chi connectivity index (χ1v) is 11.5. The van der Waals surface area contributed by atoms with Crippen molar-refractivity contribution < 1.29 is 33.6 Å². The lowest BCUT2D eigenvalue weighted by molar-refractivity contribution is -0.140. The van der Waals surface area contributed by atoms with Crippen LogP contribution in [0.5, 0.6) is 23.0 Å². The molecule has 5 rings (SSSR count). The predicted octanol–water partition coefficient (Wildman–Crippen LogP) is 4.10. The van der Waals surface area contributed by atoms with Crippen LogP contribution < -0.4 is 18.9 Å². The number of methoxy groups -OCH3 is 2. The molecule has 3 aromatic rings. The van der Waals surface area contributed by atoms with E-state index in [2.05, 4.69) is 0 Å². The average molecular weight is 488 g/mol. The Kier molecular flexibility index (Phi) is 6.25. The molecule has 0 radical (unpaired) electrons. The summed E-state index contributed by atoms with van der Waals surface area (Å²) in [6.45, 7) is 0.995.